The van der Waals surface area contributed by atoms with Gasteiger partial charge in [-0.1, -0.05) is 69.4 Å². The summed E-state index contributed by atoms with van der Waals surface area (Å²) in [4.78, 5) is 0. The maximum Gasteiger partial charge on any atom is 0.0251 e. The van der Waals surface area contributed by atoms with E-state index >= 15 is 0 Å². The number of aryl methyl sites for hydroxylation is 1. The standard InChI is InChI=1S/C16H16.C2H6/c1-12(2)4-6-14-7-9-15-10-13(3)5-8-16(15)11-14;1-2/h5,7-12H,1-3H3;1-2H3. The van der Waals surface area contributed by atoms with Crippen molar-refractivity contribution in [1.82, 2.24) is 0 Å². The van der Waals surface area contributed by atoms with E-state index in [4.69, 9.17) is 0 Å². The Kier molecular flexibility index (Phi) is 5.46. The van der Waals surface area contributed by atoms with E-state index in [-0.39, 0.29) is 0 Å². The Hall–Kier alpha value is -1.74. The molecular weight excluding hydrogens is 216 g/mol. The fraction of sp³-hybridized carbons (Fsp3) is 0.333. The van der Waals surface area contributed by atoms with Crippen LogP contribution in [-0.2, 0) is 0 Å². The molecule has 0 bridgehead atoms. The summed E-state index contributed by atoms with van der Waals surface area (Å²) in [6.07, 6.45) is 0. The van der Waals surface area contributed by atoms with Gasteiger partial charge in [-0.2, -0.15) is 0 Å². The maximum atomic E-state index is 3.20. The zero-order chi connectivity index (χ0) is 13.5. The zero-order valence-electron chi connectivity index (χ0n) is 12.0. The number of rotatable bonds is 0. The van der Waals surface area contributed by atoms with Crippen molar-refractivity contribution in [3.63, 3.8) is 0 Å². The van der Waals surface area contributed by atoms with Gasteiger partial charge in [0.25, 0.3) is 0 Å². The molecule has 2 rings (SSSR count). The molecule has 2 aromatic rings. The van der Waals surface area contributed by atoms with Crippen molar-refractivity contribution in [2.24, 2.45) is 5.92 Å². The van der Waals surface area contributed by atoms with Gasteiger partial charge in [-0.15, -0.1) is 0 Å². The predicted molar refractivity (Wildman–Crippen MR) is 81.7 cm³/mol. The van der Waals surface area contributed by atoms with Crippen LogP contribution in [0, 0.1) is 24.7 Å². The first kappa shape index (κ1) is 14.3. The molecule has 2 aromatic carbocycles. The van der Waals surface area contributed by atoms with Crippen LogP contribution >= 0.6 is 0 Å². The van der Waals surface area contributed by atoms with E-state index in [1.54, 1.807) is 0 Å². The molecule has 0 unspecified atom stereocenters. The molecule has 0 fully saturated rings. The summed E-state index contributed by atoms with van der Waals surface area (Å²) in [6.45, 7) is 10.3. The van der Waals surface area contributed by atoms with Gasteiger partial charge in [0, 0.05) is 11.5 Å². The lowest BCUT2D eigenvalue weighted by Crippen LogP contribution is -1.81. The fourth-order valence-corrected chi connectivity index (χ4v) is 1.67. The summed E-state index contributed by atoms with van der Waals surface area (Å²) < 4.78 is 0. The van der Waals surface area contributed by atoms with Crippen molar-refractivity contribution in [2.45, 2.75) is 34.6 Å². The van der Waals surface area contributed by atoms with Gasteiger partial charge in [0.2, 0.25) is 0 Å². The van der Waals surface area contributed by atoms with E-state index < -0.39 is 0 Å². The van der Waals surface area contributed by atoms with Crippen LogP contribution in [0.5, 0.6) is 0 Å². The molecule has 0 saturated heterocycles. The molecule has 94 valence electrons. The zero-order valence-corrected chi connectivity index (χ0v) is 12.0. The second-order valence-corrected chi connectivity index (χ2v) is 4.49. The van der Waals surface area contributed by atoms with Crippen LogP contribution in [0.25, 0.3) is 10.8 Å². The summed E-state index contributed by atoms with van der Waals surface area (Å²) in [7, 11) is 0. The minimum atomic E-state index is 0.425. The average molecular weight is 238 g/mol. The first-order valence-electron chi connectivity index (χ1n) is 6.67. The predicted octanol–water partition coefficient (Wildman–Crippen LogP) is 5.18. The molecule has 0 aliphatic heterocycles. The third-order valence-electron chi connectivity index (χ3n) is 2.50. The van der Waals surface area contributed by atoms with Crippen molar-refractivity contribution in [2.75, 3.05) is 0 Å². The molecule has 0 amide bonds. The van der Waals surface area contributed by atoms with E-state index in [0.29, 0.717) is 5.92 Å². The largest absolute Gasteiger partial charge is 0.0951 e. The molecule has 0 aliphatic rings. The summed E-state index contributed by atoms with van der Waals surface area (Å²) >= 11 is 0. The molecule has 0 N–H and O–H groups in total. The lowest BCUT2D eigenvalue weighted by molar-refractivity contribution is 0.866. The van der Waals surface area contributed by atoms with Gasteiger partial charge < -0.3 is 0 Å². The molecule has 0 atom stereocenters. The van der Waals surface area contributed by atoms with Crippen molar-refractivity contribution >= 4 is 10.8 Å². The minimum Gasteiger partial charge on any atom is -0.0951 e. The summed E-state index contributed by atoms with van der Waals surface area (Å²) in [5, 5.41) is 2.55. The summed E-state index contributed by atoms with van der Waals surface area (Å²) in [5.74, 6) is 6.81. The van der Waals surface area contributed by atoms with Gasteiger partial charge in [0.05, 0.1) is 0 Å². The van der Waals surface area contributed by atoms with Crippen LogP contribution in [0.2, 0.25) is 0 Å². The first-order chi connectivity index (χ1) is 8.65. The van der Waals surface area contributed by atoms with Gasteiger partial charge in [-0.3, -0.25) is 0 Å². The van der Waals surface area contributed by atoms with Crippen LogP contribution in [0.4, 0.5) is 0 Å². The molecular formula is C18H22. The molecule has 0 heterocycles. The van der Waals surface area contributed by atoms with Gasteiger partial charge >= 0.3 is 0 Å². The highest BCUT2D eigenvalue weighted by molar-refractivity contribution is 5.84. The van der Waals surface area contributed by atoms with Crippen molar-refractivity contribution in [3.8, 4) is 11.8 Å². The Bertz CT molecular complexity index is 565. The third-order valence-corrected chi connectivity index (χ3v) is 2.50. The normalized spacial score (nSPS) is 9.44. The van der Waals surface area contributed by atoms with Gasteiger partial charge in [0.1, 0.15) is 0 Å². The van der Waals surface area contributed by atoms with Crippen molar-refractivity contribution in [3.05, 3.63) is 47.5 Å². The summed E-state index contributed by atoms with van der Waals surface area (Å²) in [5.41, 5.74) is 2.40. The average Bonchev–Trinajstić information content (AvgIpc) is 2.38. The first-order valence-corrected chi connectivity index (χ1v) is 6.67. The number of benzene rings is 2. The van der Waals surface area contributed by atoms with Gasteiger partial charge in [-0.25, -0.2) is 0 Å². The molecule has 0 nitrogen and oxygen atoms in total. The summed E-state index contributed by atoms with van der Waals surface area (Å²) in [6, 6.07) is 12.9. The second kappa shape index (κ2) is 6.87. The van der Waals surface area contributed by atoms with Crippen molar-refractivity contribution in [1.29, 1.82) is 0 Å². The number of hydrogen-bond donors (Lipinski definition) is 0. The molecule has 0 aromatic heterocycles. The van der Waals surface area contributed by atoms with Crippen LogP contribution in [0.1, 0.15) is 38.8 Å². The van der Waals surface area contributed by atoms with E-state index in [2.05, 4.69) is 69.0 Å². The Balaban J connectivity index is 0.000000771. The second-order valence-electron chi connectivity index (χ2n) is 4.49. The highest BCUT2D eigenvalue weighted by atomic mass is 14.0. The van der Waals surface area contributed by atoms with Crippen LogP contribution in [0.15, 0.2) is 36.4 Å². The lowest BCUT2D eigenvalue weighted by atomic mass is 10.0. The van der Waals surface area contributed by atoms with E-state index in [1.165, 1.54) is 16.3 Å². The van der Waals surface area contributed by atoms with E-state index in [9.17, 15) is 0 Å². The molecule has 0 radical (unpaired) electrons. The van der Waals surface area contributed by atoms with E-state index in [0.717, 1.165) is 5.56 Å². The third kappa shape index (κ3) is 3.93. The SMILES string of the molecule is CC.Cc1ccc2cc(C#CC(C)C)ccc2c1. The highest BCUT2D eigenvalue weighted by Crippen LogP contribution is 2.17. The fourth-order valence-electron chi connectivity index (χ4n) is 1.67. The topological polar surface area (TPSA) is 0 Å². The van der Waals surface area contributed by atoms with E-state index in [1.807, 2.05) is 13.8 Å². The Morgan fingerprint density at radius 3 is 2.17 bits per heavy atom. The molecule has 0 saturated carbocycles. The molecule has 0 spiro atoms. The Labute approximate surface area is 111 Å². The monoisotopic (exact) mass is 238 g/mol. The minimum absolute atomic E-state index is 0.425. The van der Waals surface area contributed by atoms with Gasteiger partial charge in [0.15, 0.2) is 0 Å². The maximum absolute atomic E-state index is 3.20. The van der Waals surface area contributed by atoms with Crippen LogP contribution in [0.3, 0.4) is 0 Å². The Morgan fingerprint density at radius 2 is 1.50 bits per heavy atom. The molecule has 18 heavy (non-hydrogen) atoms. The number of hydrogen-bond acceptors (Lipinski definition) is 0. The number of fused-ring (bicyclic) bond motifs is 1. The van der Waals surface area contributed by atoms with Gasteiger partial charge in [-0.05, 0) is 29.8 Å². The molecule has 0 aliphatic carbocycles. The van der Waals surface area contributed by atoms with Crippen molar-refractivity contribution < 1.29 is 0 Å². The van der Waals surface area contributed by atoms with Crippen LogP contribution in [-0.4, -0.2) is 0 Å². The molecule has 0 heteroatoms. The Morgan fingerprint density at radius 1 is 0.889 bits per heavy atom. The quantitative estimate of drug-likeness (QED) is 0.555. The van der Waals surface area contributed by atoms with Crippen LogP contribution < -0.4 is 0 Å². The lowest BCUT2D eigenvalue weighted by Gasteiger charge is -2.00. The highest BCUT2D eigenvalue weighted by Gasteiger charge is 1.95. The smallest absolute Gasteiger partial charge is 0.0251 e.